The molecule has 17 rings (SSSR count). The largest absolute Gasteiger partial charge is 0.310 e. The van der Waals surface area contributed by atoms with Crippen LogP contribution in [0.2, 0.25) is 0 Å². The Morgan fingerprint density at radius 3 is 0.830 bits per heavy atom. The molecule has 0 aliphatic carbocycles. The summed E-state index contributed by atoms with van der Waals surface area (Å²) in [5, 5.41) is -0.258. The summed E-state index contributed by atoms with van der Waals surface area (Å²) in [7, 11) is 0. The summed E-state index contributed by atoms with van der Waals surface area (Å²) in [6, 6.07) is 53.3. The molecular formula is C107H109BN4. The normalized spacial score (nSPS) is 15.6. The van der Waals surface area contributed by atoms with Crippen LogP contribution in [0, 0.1) is 5.41 Å². The standard InChI is InChI=1S/C107H109BN4/c1-101(2,3)66-67-54-96-98-97(55-67)112(100-86(70-36-32-40-74(58-70)104(10,11)12)62-77(107(19,20)21)63-87(100)71-37-33-41-75(59-71)105(13,14)15)95-65-79(110-92-48-28-24-44-82(92)83-45-25-29-49-93(83)110)51-53-89(95)108(98)88-52-50-78(109-90-46-26-22-42-80(90)81-43-23-27-47-91(81)109)64-94(88)111(96)99-84(68-34-30-38-72(56-68)102(4,5)6)60-76(106(16,17)18)61-85(99)69-35-31-39-73(57-69)103(7,8)9/h22-65H,66H2,1-21H3/i22D,23D,24D,25D,26D,27D,28D,29D,42D,43D,44D,45D,46D,47D,48D,49D. The first-order chi connectivity index (χ1) is 59.6. The van der Waals surface area contributed by atoms with Gasteiger partial charge in [-0.1, -0.05) is 327 Å². The van der Waals surface area contributed by atoms with Gasteiger partial charge in [0.15, 0.2) is 0 Å². The number of hydrogen-bond donors (Lipinski definition) is 0. The zero-order valence-electron chi connectivity index (χ0n) is 84.7. The van der Waals surface area contributed by atoms with Crippen LogP contribution in [0.1, 0.15) is 206 Å². The van der Waals surface area contributed by atoms with Crippen LogP contribution < -0.4 is 26.2 Å². The summed E-state index contributed by atoms with van der Waals surface area (Å²) >= 11 is 0. The minimum absolute atomic E-state index is 0.0412. The molecule has 2 aromatic heterocycles. The second-order valence-electron chi connectivity index (χ2n) is 38.6. The lowest BCUT2D eigenvalue weighted by molar-refractivity contribution is 0.411. The Balaban J connectivity index is 1.15. The van der Waals surface area contributed by atoms with E-state index in [1.54, 1.807) is 9.13 Å². The van der Waals surface area contributed by atoms with Gasteiger partial charge in [0.25, 0.3) is 6.71 Å². The van der Waals surface area contributed by atoms with Gasteiger partial charge < -0.3 is 18.9 Å². The maximum atomic E-state index is 10.0. The van der Waals surface area contributed by atoms with Crippen molar-refractivity contribution in [2.45, 2.75) is 184 Å². The van der Waals surface area contributed by atoms with Gasteiger partial charge in [-0.25, -0.2) is 0 Å². The molecule has 2 aliphatic heterocycles. The Bertz CT molecular complexity index is 6570. The molecule has 15 aromatic rings. The first-order valence-corrected chi connectivity index (χ1v) is 39.5. The Labute approximate surface area is 689 Å². The number of para-hydroxylation sites is 4. The van der Waals surface area contributed by atoms with E-state index in [2.05, 4.69) is 301 Å². The van der Waals surface area contributed by atoms with Gasteiger partial charge in [-0.15, -0.1) is 0 Å². The van der Waals surface area contributed by atoms with E-state index in [4.69, 9.17) is 0 Å². The van der Waals surface area contributed by atoms with Crippen LogP contribution in [0.25, 0.3) is 99.5 Å². The molecule has 4 heterocycles. The quantitative estimate of drug-likeness (QED) is 0.134. The molecule has 560 valence electrons. The fraction of sp³-hybridized carbons (Fsp3) is 0.271. The highest BCUT2D eigenvalue weighted by atomic mass is 15.2. The van der Waals surface area contributed by atoms with Crippen molar-refractivity contribution in [1.29, 1.82) is 0 Å². The fourth-order valence-electron chi connectivity index (χ4n) is 17.0. The van der Waals surface area contributed by atoms with E-state index in [1.165, 1.54) is 0 Å². The Hall–Kier alpha value is -10.9. The van der Waals surface area contributed by atoms with Crippen LogP contribution in [0.5, 0.6) is 0 Å². The van der Waals surface area contributed by atoms with Crippen molar-refractivity contribution in [2.75, 3.05) is 9.80 Å². The van der Waals surface area contributed by atoms with Crippen LogP contribution >= 0.6 is 0 Å². The molecule has 0 radical (unpaired) electrons. The summed E-state index contributed by atoms with van der Waals surface area (Å²) < 4.78 is 157. The van der Waals surface area contributed by atoms with E-state index in [-0.39, 0.29) is 65.3 Å². The minimum atomic E-state index is -0.784. The number of aromatic nitrogens is 2. The third-order valence-corrected chi connectivity index (χ3v) is 23.0. The topological polar surface area (TPSA) is 16.3 Å². The molecule has 5 heteroatoms. The van der Waals surface area contributed by atoms with Gasteiger partial charge in [0.2, 0.25) is 0 Å². The van der Waals surface area contributed by atoms with Gasteiger partial charge >= 0.3 is 0 Å². The first kappa shape index (κ1) is 57.2. The Morgan fingerprint density at radius 2 is 0.562 bits per heavy atom. The Morgan fingerprint density at radius 1 is 0.286 bits per heavy atom. The molecule has 4 nitrogen and oxygen atoms in total. The highest BCUT2D eigenvalue weighted by Crippen LogP contribution is 2.56. The van der Waals surface area contributed by atoms with Gasteiger partial charge in [-0.2, -0.15) is 0 Å². The van der Waals surface area contributed by atoms with Gasteiger partial charge in [0.1, 0.15) is 0 Å². The van der Waals surface area contributed by atoms with E-state index < -0.39 is 120 Å². The molecule has 0 fully saturated rings. The maximum Gasteiger partial charge on any atom is 0.252 e. The zero-order chi connectivity index (χ0) is 92.8. The van der Waals surface area contributed by atoms with E-state index in [1.807, 2.05) is 24.3 Å². The highest BCUT2D eigenvalue weighted by molar-refractivity contribution is 7.00. The van der Waals surface area contributed by atoms with Gasteiger partial charge in [-0.3, -0.25) is 0 Å². The van der Waals surface area contributed by atoms with Crippen molar-refractivity contribution in [3.8, 4) is 55.9 Å². The molecular weight excluding hydrogens is 1350 g/mol. The molecule has 0 atom stereocenters. The predicted octanol–water partition coefficient (Wildman–Crippen LogP) is 28.0. The van der Waals surface area contributed by atoms with Crippen molar-refractivity contribution < 1.29 is 21.9 Å². The van der Waals surface area contributed by atoms with Crippen molar-refractivity contribution in [1.82, 2.24) is 9.13 Å². The van der Waals surface area contributed by atoms with Crippen molar-refractivity contribution >= 4 is 101 Å². The molecule has 0 bridgehead atoms. The van der Waals surface area contributed by atoms with E-state index in [0.29, 0.717) is 29.2 Å². The first-order valence-electron chi connectivity index (χ1n) is 47.5. The fourth-order valence-corrected chi connectivity index (χ4v) is 17.0. The van der Waals surface area contributed by atoms with E-state index in [9.17, 15) is 21.9 Å². The SMILES string of the molecule is [2H]c1c([2H])c([2H])c2c(c1[2H])c1c([2H])c([2H])c([2H])c([2H])c1n2-c1ccc2c(c1)N(c1c(-c3cccc(C(C)(C)C)c3)cc(C(C)(C)C)cc1-c1cccc(C(C)(C)C)c1)c1cc(CC(C)(C)C)cc3c1B2c1ccc(-n2c4c([2H])c([2H])c([2H])c([2H])c4c4c([2H])c([2H])c([2H])c([2H])c42)cc1N3c1c(-c2cccc(C(C)(C)C)c2)cc(C(C)(C)C)cc1-c1cccc(C(C)(C)C)c1. The third-order valence-electron chi connectivity index (χ3n) is 23.0. The monoisotopic (exact) mass is 1480 g/mol. The number of hydrogen-bond acceptors (Lipinski definition) is 2. The number of nitrogens with zero attached hydrogens (tertiary/aromatic N) is 4. The molecule has 0 spiro atoms. The average Bonchev–Trinajstić information content (AvgIpc) is 1.63. The second kappa shape index (κ2) is 26.4. The minimum Gasteiger partial charge on any atom is -0.310 e. The summed E-state index contributed by atoms with van der Waals surface area (Å²) in [4.78, 5) is 4.84. The van der Waals surface area contributed by atoms with Crippen LogP contribution in [-0.2, 0) is 38.9 Å². The lowest BCUT2D eigenvalue weighted by Crippen LogP contribution is -2.61. The van der Waals surface area contributed by atoms with Gasteiger partial charge in [0, 0.05) is 77.9 Å². The molecule has 13 aromatic carbocycles. The van der Waals surface area contributed by atoms with Crippen molar-refractivity contribution in [2.24, 2.45) is 5.41 Å². The van der Waals surface area contributed by atoms with Gasteiger partial charge in [0.05, 0.1) is 55.4 Å². The van der Waals surface area contributed by atoms with E-state index >= 15 is 0 Å². The summed E-state index contributed by atoms with van der Waals surface area (Å²) in [6.07, 6.45) is 0.519. The number of fused-ring (bicyclic) bond motifs is 10. The van der Waals surface area contributed by atoms with Crippen LogP contribution in [0.3, 0.4) is 0 Å². The predicted molar refractivity (Wildman–Crippen MR) is 486 cm³/mol. The number of anilines is 6. The average molecular weight is 1480 g/mol. The molecule has 0 unspecified atom stereocenters. The highest BCUT2D eigenvalue weighted by Gasteiger charge is 2.47. The molecule has 2 aliphatic rings. The molecule has 0 saturated heterocycles. The van der Waals surface area contributed by atoms with Gasteiger partial charge in [-0.05, 0) is 207 Å². The second-order valence-corrected chi connectivity index (χ2v) is 38.6. The Kier molecular flexibility index (Phi) is 13.5. The van der Waals surface area contributed by atoms with Crippen LogP contribution in [-0.4, -0.2) is 15.8 Å². The zero-order valence-corrected chi connectivity index (χ0v) is 68.7. The maximum absolute atomic E-state index is 10.0. The molecule has 0 amide bonds. The molecule has 0 saturated carbocycles. The smallest absolute Gasteiger partial charge is 0.252 e. The lowest BCUT2D eigenvalue weighted by Gasteiger charge is -2.46. The summed E-state index contributed by atoms with van der Waals surface area (Å²) in [6.45, 7) is 46.1. The van der Waals surface area contributed by atoms with Crippen molar-refractivity contribution in [3.63, 3.8) is 0 Å². The number of rotatable bonds is 9. The van der Waals surface area contributed by atoms with Crippen molar-refractivity contribution in [3.05, 3.63) is 305 Å². The third kappa shape index (κ3) is 12.9. The van der Waals surface area contributed by atoms with Crippen LogP contribution in [0.15, 0.2) is 267 Å². The van der Waals surface area contributed by atoms with E-state index in [0.717, 1.165) is 123 Å². The molecule has 112 heavy (non-hydrogen) atoms. The summed E-state index contributed by atoms with van der Waals surface area (Å²) in [5.74, 6) is 0. The number of benzene rings is 13. The summed E-state index contributed by atoms with van der Waals surface area (Å²) in [5.41, 5.74) is 19.4. The van der Waals surface area contributed by atoms with Crippen LogP contribution in [0.4, 0.5) is 34.1 Å². The molecule has 0 N–H and O–H groups in total. The lowest BCUT2D eigenvalue weighted by atomic mass is 9.33.